The number of nitrogens with two attached hydrogens (primary N) is 1. The van der Waals surface area contributed by atoms with E-state index in [1.165, 1.54) is 0 Å². The molecule has 1 atom stereocenters. The summed E-state index contributed by atoms with van der Waals surface area (Å²) < 4.78 is 6.44. The number of nitrogens with zero attached hydrogens (tertiary/aromatic N) is 6. The Morgan fingerprint density at radius 2 is 1.97 bits per heavy atom. The predicted molar refractivity (Wildman–Crippen MR) is 145 cm³/mol. The second kappa shape index (κ2) is 10.3. The minimum atomic E-state index is -0.0506. The van der Waals surface area contributed by atoms with E-state index in [-0.39, 0.29) is 18.5 Å². The number of piperazine rings is 1. The Hall–Kier alpha value is -4.25. The lowest BCUT2D eigenvalue weighted by Crippen LogP contribution is -2.50. The molecule has 11 heteroatoms. The molecule has 2 aromatic carbocycles. The van der Waals surface area contributed by atoms with E-state index in [0.29, 0.717) is 49.7 Å². The molecule has 4 aromatic rings. The molecule has 4 heterocycles. The number of aldehydes is 1. The molecule has 0 aliphatic carbocycles. The van der Waals surface area contributed by atoms with E-state index < -0.39 is 0 Å². The van der Waals surface area contributed by atoms with Crippen molar-refractivity contribution < 1.29 is 14.3 Å². The van der Waals surface area contributed by atoms with Gasteiger partial charge in [-0.05, 0) is 30.4 Å². The maximum absolute atomic E-state index is 12.5. The molecule has 0 unspecified atom stereocenters. The van der Waals surface area contributed by atoms with Crippen LogP contribution in [0.15, 0.2) is 43.0 Å². The zero-order valence-electron chi connectivity index (χ0n) is 21.0. The van der Waals surface area contributed by atoms with Gasteiger partial charge < -0.3 is 30.2 Å². The summed E-state index contributed by atoms with van der Waals surface area (Å²) in [4.78, 5) is 46.9. The Morgan fingerprint density at radius 3 is 2.79 bits per heavy atom. The summed E-state index contributed by atoms with van der Waals surface area (Å²) in [5, 5.41) is 1.75. The van der Waals surface area contributed by atoms with Gasteiger partial charge in [-0.3, -0.25) is 9.59 Å². The first-order valence-electron chi connectivity index (χ1n) is 12.9. The molecular formula is C27H30N8O3. The highest BCUT2D eigenvalue weighted by molar-refractivity contribution is 6.06. The molecule has 2 fully saturated rings. The molecule has 196 valence electrons. The topological polar surface area (TPSA) is 134 Å². The SMILES string of the molecule is NCC(=O)N1CCN(c2ccc3cccc(OC[C@H]4CCCN4c4ncnc5[nH]cnc45)c3c2C=O)CC1. The largest absolute Gasteiger partial charge is 0.491 e. The Balaban J connectivity index is 1.26. The number of anilines is 2. The van der Waals surface area contributed by atoms with Gasteiger partial charge in [-0.15, -0.1) is 0 Å². The number of nitrogens with one attached hydrogen (secondary N) is 1. The van der Waals surface area contributed by atoms with Crippen molar-refractivity contribution in [2.75, 3.05) is 55.7 Å². The van der Waals surface area contributed by atoms with Crippen molar-refractivity contribution in [3.8, 4) is 5.75 Å². The average Bonchev–Trinajstić information content (AvgIpc) is 3.64. The van der Waals surface area contributed by atoms with Gasteiger partial charge >= 0.3 is 0 Å². The van der Waals surface area contributed by atoms with E-state index in [4.69, 9.17) is 10.5 Å². The number of ether oxygens (including phenoxy) is 1. The van der Waals surface area contributed by atoms with Crippen LogP contribution in [0, 0.1) is 0 Å². The summed E-state index contributed by atoms with van der Waals surface area (Å²) in [6.07, 6.45) is 6.11. The van der Waals surface area contributed by atoms with Gasteiger partial charge in [0.05, 0.1) is 18.9 Å². The third kappa shape index (κ3) is 4.28. The van der Waals surface area contributed by atoms with E-state index in [1.807, 2.05) is 30.3 Å². The molecule has 2 saturated heterocycles. The van der Waals surface area contributed by atoms with E-state index in [2.05, 4.69) is 29.7 Å². The van der Waals surface area contributed by atoms with Gasteiger partial charge in [-0.25, -0.2) is 15.0 Å². The van der Waals surface area contributed by atoms with Crippen molar-refractivity contribution in [1.29, 1.82) is 0 Å². The molecule has 2 aliphatic rings. The molecule has 11 nitrogen and oxygen atoms in total. The van der Waals surface area contributed by atoms with Gasteiger partial charge in [-0.1, -0.05) is 18.2 Å². The normalized spacial score (nSPS) is 17.9. The Bertz CT molecular complexity index is 1480. The summed E-state index contributed by atoms with van der Waals surface area (Å²) in [6.45, 7) is 3.76. The van der Waals surface area contributed by atoms with Gasteiger partial charge in [0.2, 0.25) is 5.91 Å². The van der Waals surface area contributed by atoms with Crippen LogP contribution < -0.4 is 20.3 Å². The Labute approximate surface area is 219 Å². The molecule has 2 aromatic heterocycles. The van der Waals surface area contributed by atoms with Crippen LogP contribution in [0.25, 0.3) is 21.9 Å². The van der Waals surface area contributed by atoms with E-state index in [9.17, 15) is 9.59 Å². The fourth-order valence-electron chi connectivity index (χ4n) is 5.64. The highest BCUT2D eigenvalue weighted by atomic mass is 16.5. The number of benzene rings is 2. The molecule has 2 aliphatic heterocycles. The number of carbonyl (C=O) groups is 2. The lowest BCUT2D eigenvalue weighted by atomic mass is 10.0. The van der Waals surface area contributed by atoms with Crippen molar-refractivity contribution in [2.24, 2.45) is 5.73 Å². The van der Waals surface area contributed by atoms with Gasteiger partial charge in [0.25, 0.3) is 0 Å². The summed E-state index contributed by atoms with van der Waals surface area (Å²) >= 11 is 0. The molecule has 0 bridgehead atoms. The molecular weight excluding hydrogens is 484 g/mol. The fraction of sp³-hybridized carbons (Fsp3) is 0.370. The molecule has 6 rings (SSSR count). The highest BCUT2D eigenvalue weighted by Crippen LogP contribution is 2.36. The van der Waals surface area contributed by atoms with Gasteiger partial charge in [0.15, 0.2) is 17.8 Å². The monoisotopic (exact) mass is 514 g/mol. The first-order chi connectivity index (χ1) is 18.7. The van der Waals surface area contributed by atoms with Gasteiger partial charge in [0, 0.05) is 49.4 Å². The number of imidazole rings is 1. The Kier molecular flexibility index (Phi) is 6.50. The number of rotatable bonds is 7. The number of hydrogen-bond acceptors (Lipinski definition) is 9. The quantitative estimate of drug-likeness (QED) is 0.355. The number of fused-ring (bicyclic) bond motifs is 2. The van der Waals surface area contributed by atoms with Crippen molar-refractivity contribution >= 4 is 45.6 Å². The summed E-state index contributed by atoms with van der Waals surface area (Å²) in [5.41, 5.74) is 8.46. The molecule has 3 N–H and O–H groups in total. The van der Waals surface area contributed by atoms with Gasteiger partial charge in [-0.2, -0.15) is 0 Å². The third-order valence-electron chi connectivity index (χ3n) is 7.57. The number of aromatic amines is 1. The van der Waals surface area contributed by atoms with Crippen molar-refractivity contribution in [3.05, 3.63) is 48.5 Å². The lowest BCUT2D eigenvalue weighted by Gasteiger charge is -2.36. The first-order valence-corrected chi connectivity index (χ1v) is 12.9. The summed E-state index contributed by atoms with van der Waals surface area (Å²) in [5.74, 6) is 1.44. The minimum absolute atomic E-state index is 0.0124. The zero-order chi connectivity index (χ0) is 26.1. The van der Waals surface area contributed by atoms with E-state index >= 15 is 0 Å². The van der Waals surface area contributed by atoms with Crippen LogP contribution in [-0.2, 0) is 4.79 Å². The highest BCUT2D eigenvalue weighted by Gasteiger charge is 2.29. The number of amides is 1. The van der Waals surface area contributed by atoms with E-state index in [0.717, 1.165) is 53.5 Å². The van der Waals surface area contributed by atoms with Crippen LogP contribution in [0.4, 0.5) is 11.5 Å². The van der Waals surface area contributed by atoms with Crippen molar-refractivity contribution in [1.82, 2.24) is 24.8 Å². The van der Waals surface area contributed by atoms with Gasteiger partial charge in [0.1, 0.15) is 24.2 Å². The molecule has 0 spiro atoms. The van der Waals surface area contributed by atoms with Crippen molar-refractivity contribution in [2.45, 2.75) is 18.9 Å². The second-order valence-corrected chi connectivity index (χ2v) is 9.64. The first kappa shape index (κ1) is 24.1. The summed E-state index contributed by atoms with van der Waals surface area (Å²) in [6, 6.07) is 10.0. The molecule has 0 saturated carbocycles. The zero-order valence-corrected chi connectivity index (χ0v) is 21.0. The Morgan fingerprint density at radius 1 is 1.11 bits per heavy atom. The molecule has 0 radical (unpaired) electrons. The second-order valence-electron chi connectivity index (χ2n) is 9.64. The number of aromatic nitrogens is 4. The molecule has 38 heavy (non-hydrogen) atoms. The van der Waals surface area contributed by atoms with E-state index in [1.54, 1.807) is 17.6 Å². The lowest BCUT2D eigenvalue weighted by molar-refractivity contribution is -0.129. The van der Waals surface area contributed by atoms with Crippen LogP contribution >= 0.6 is 0 Å². The smallest absolute Gasteiger partial charge is 0.236 e. The van der Waals surface area contributed by atoms with Crippen LogP contribution in [-0.4, -0.2) is 88.9 Å². The van der Waals surface area contributed by atoms with Crippen LogP contribution in [0.3, 0.4) is 0 Å². The standard InChI is InChI=1S/C27H30N8O3/c28-13-23(37)34-11-9-33(10-12-34)21-7-6-18-3-1-5-22(24(18)20(21)14-36)38-15-19-4-2-8-35(19)27-25-26(30-16-29-25)31-17-32-27/h1,3,5-7,14,16-17,19H,2,4,8-13,15,28H2,(H,29,30,31,32)/t19-/m1/s1. The third-order valence-corrected chi connectivity index (χ3v) is 7.57. The fourth-order valence-corrected chi connectivity index (χ4v) is 5.64. The number of H-pyrrole nitrogens is 1. The number of carbonyl (C=O) groups excluding carboxylic acids is 2. The minimum Gasteiger partial charge on any atom is -0.491 e. The predicted octanol–water partition coefficient (Wildman–Crippen LogP) is 1.97. The maximum Gasteiger partial charge on any atom is 0.236 e. The van der Waals surface area contributed by atoms with Crippen LogP contribution in [0.2, 0.25) is 0 Å². The van der Waals surface area contributed by atoms with Crippen molar-refractivity contribution in [3.63, 3.8) is 0 Å². The van der Waals surface area contributed by atoms with Crippen LogP contribution in [0.1, 0.15) is 23.2 Å². The summed E-state index contributed by atoms with van der Waals surface area (Å²) in [7, 11) is 0. The molecule has 1 amide bonds. The maximum atomic E-state index is 12.5. The average molecular weight is 515 g/mol. The van der Waals surface area contributed by atoms with Crippen LogP contribution in [0.5, 0.6) is 5.75 Å². The number of hydrogen-bond donors (Lipinski definition) is 2.